The lowest BCUT2D eigenvalue weighted by Gasteiger charge is -2.51. The third-order valence-electron chi connectivity index (χ3n) is 16.6. The van der Waals surface area contributed by atoms with Crippen LogP contribution in [0.4, 0.5) is 4.39 Å². The van der Waals surface area contributed by atoms with E-state index in [1.54, 1.807) is 58.3 Å². The number of esters is 1. The molecule has 20 heteroatoms. The van der Waals surface area contributed by atoms with Crippen LogP contribution in [0.25, 0.3) is 10.6 Å². The Hall–Kier alpha value is -3.12. The second kappa shape index (κ2) is 24.9. The van der Waals surface area contributed by atoms with Gasteiger partial charge in [0.2, 0.25) is 0 Å². The van der Waals surface area contributed by atoms with E-state index in [9.17, 15) is 29.6 Å². The SMILES string of the molecule is CC[C@H]1OC(=O)[C@H](C)[C@@H](C2C[C@@](C)(OC)[C@@H](O)[C@H](C)O2)[C@H](C)[C@@H](O[C@H]2C[C@@H](N(C)CCc3cn([C@H](CF)[C@H](OC)c4ccc(-c5nncs5)cc4)nn3)C[C@@H](C)O2)[C@](C)(O)C[C@@H](C)CN(C)[C@H](C)[C@@H](O)[C@]1(C)O. The molecule has 73 heavy (non-hydrogen) atoms. The van der Waals surface area contributed by atoms with Crippen LogP contribution in [0.15, 0.2) is 36.0 Å². The molecule has 0 radical (unpaired) electrons. The number of benzene rings is 1. The summed E-state index contributed by atoms with van der Waals surface area (Å²) in [5.74, 6) is -2.85. The van der Waals surface area contributed by atoms with Crippen LogP contribution in [-0.4, -0.2) is 187 Å². The number of methoxy groups -OCH3 is 2. The van der Waals surface area contributed by atoms with E-state index in [1.165, 1.54) is 18.3 Å². The molecule has 0 saturated carbocycles. The van der Waals surface area contributed by atoms with Crippen molar-refractivity contribution in [3.05, 3.63) is 47.2 Å². The van der Waals surface area contributed by atoms with E-state index < -0.39 is 108 Å². The Morgan fingerprint density at radius 3 is 2.30 bits per heavy atom. The van der Waals surface area contributed by atoms with Crippen molar-refractivity contribution < 1.29 is 58.0 Å². The van der Waals surface area contributed by atoms with Crippen LogP contribution in [-0.2, 0) is 39.6 Å². The monoisotopic (exact) mass is 1050 g/mol. The highest BCUT2D eigenvalue weighted by Crippen LogP contribution is 2.45. The summed E-state index contributed by atoms with van der Waals surface area (Å²) in [5, 5.41) is 65.6. The second-order valence-electron chi connectivity index (χ2n) is 22.3. The van der Waals surface area contributed by atoms with Gasteiger partial charge in [-0.05, 0) is 92.3 Å². The number of likely N-dealkylation sites (N-methyl/N-ethyl adjacent to an activating group) is 2. The van der Waals surface area contributed by atoms with E-state index in [-0.39, 0.29) is 37.3 Å². The van der Waals surface area contributed by atoms with Crippen molar-refractivity contribution in [3.8, 4) is 10.6 Å². The lowest BCUT2D eigenvalue weighted by atomic mass is 9.68. The number of nitrogens with zero attached hydrogens (tertiary/aromatic N) is 7. The van der Waals surface area contributed by atoms with Gasteiger partial charge in [0.05, 0.1) is 47.2 Å². The molecule has 412 valence electrons. The van der Waals surface area contributed by atoms with Crippen LogP contribution >= 0.6 is 11.3 Å². The Labute approximate surface area is 436 Å². The topological polar surface area (TPSA) is 216 Å². The molecule has 3 aliphatic rings. The Bertz CT molecular complexity index is 2170. The van der Waals surface area contributed by atoms with Gasteiger partial charge < -0.3 is 58.6 Å². The zero-order chi connectivity index (χ0) is 53.7. The van der Waals surface area contributed by atoms with Gasteiger partial charge in [0, 0.05) is 76.3 Å². The maximum absolute atomic E-state index is 14.9. The van der Waals surface area contributed by atoms with Crippen LogP contribution < -0.4 is 0 Å². The molecule has 3 fully saturated rings. The number of carbonyl (C=O) groups excluding carboxylic acids is 1. The minimum absolute atomic E-state index is 0.00119. The van der Waals surface area contributed by atoms with Gasteiger partial charge in [-0.25, -0.2) is 9.07 Å². The predicted octanol–water partition coefficient (Wildman–Crippen LogP) is 5.82. The molecule has 2 aromatic heterocycles. The van der Waals surface area contributed by atoms with Gasteiger partial charge in [0.1, 0.15) is 53.3 Å². The first-order valence-electron chi connectivity index (χ1n) is 26.2. The lowest BCUT2D eigenvalue weighted by Crippen LogP contribution is -2.61. The van der Waals surface area contributed by atoms with Gasteiger partial charge in [-0.3, -0.25) is 4.79 Å². The number of ether oxygens (including phenoxy) is 6. The molecule has 0 amide bonds. The first-order chi connectivity index (χ1) is 34.4. The third-order valence-corrected chi connectivity index (χ3v) is 17.3. The molecular formula is C53H86FN7O11S. The van der Waals surface area contributed by atoms with Gasteiger partial charge in [-0.15, -0.1) is 15.3 Å². The van der Waals surface area contributed by atoms with Crippen molar-refractivity contribution >= 4 is 17.3 Å². The van der Waals surface area contributed by atoms with Crippen LogP contribution in [0.3, 0.4) is 0 Å². The summed E-state index contributed by atoms with van der Waals surface area (Å²) < 4.78 is 54.8. The second-order valence-corrected chi connectivity index (χ2v) is 23.2. The molecule has 5 heterocycles. The fourth-order valence-corrected chi connectivity index (χ4v) is 12.7. The molecule has 18 nitrogen and oxygen atoms in total. The number of carbonyl (C=O) groups is 1. The first-order valence-corrected chi connectivity index (χ1v) is 27.1. The van der Waals surface area contributed by atoms with Crippen molar-refractivity contribution in [2.24, 2.45) is 23.7 Å². The maximum Gasteiger partial charge on any atom is 0.309 e. The van der Waals surface area contributed by atoms with Crippen molar-refractivity contribution in [2.75, 3.05) is 48.1 Å². The Kier molecular flexibility index (Phi) is 20.2. The van der Waals surface area contributed by atoms with E-state index >= 15 is 0 Å². The van der Waals surface area contributed by atoms with E-state index in [1.807, 2.05) is 77.9 Å². The molecule has 0 aliphatic carbocycles. The molecule has 0 bridgehead atoms. The van der Waals surface area contributed by atoms with Crippen molar-refractivity contribution in [1.29, 1.82) is 0 Å². The molecule has 1 unspecified atom stereocenters. The summed E-state index contributed by atoms with van der Waals surface area (Å²) in [6.07, 6.45) is -2.88. The highest BCUT2D eigenvalue weighted by molar-refractivity contribution is 7.12. The number of cyclic esters (lactones) is 1. The van der Waals surface area contributed by atoms with E-state index in [0.717, 1.165) is 16.1 Å². The number of halogens is 1. The zero-order valence-electron chi connectivity index (χ0n) is 45.6. The van der Waals surface area contributed by atoms with E-state index in [0.29, 0.717) is 38.0 Å². The van der Waals surface area contributed by atoms with Gasteiger partial charge in [0.25, 0.3) is 0 Å². The maximum atomic E-state index is 14.9. The van der Waals surface area contributed by atoms with Crippen LogP contribution in [0, 0.1) is 23.7 Å². The number of aromatic nitrogens is 5. The number of aliphatic hydroxyl groups excluding tert-OH is 2. The fourth-order valence-electron chi connectivity index (χ4n) is 12.2. The van der Waals surface area contributed by atoms with Crippen LogP contribution in [0.1, 0.15) is 125 Å². The average Bonchev–Trinajstić information content (AvgIpc) is 4.07. The molecule has 3 aliphatic heterocycles. The highest BCUT2D eigenvalue weighted by atomic mass is 32.1. The standard InChI is InChI=1S/C53H86FN7O11S/c1-15-42-53(10,66)46(62)34(6)60(12)27-30(2)24-51(8,65)48(32(4)44(33(5)50(64)71-42)41-25-52(9,68-14)47(63)35(7)70-41)72-43-23-39(22-31(3)69-43)59(11)21-20-38-28-61(58-56-38)40(26-54)45(67-13)36-16-18-37(19-17-36)49-57-55-29-73-49/h16-19,28-35,39-48,62-63,65-66H,15,20-27H2,1-14H3/t30-,31-,32+,33-,34-,35+,39+,40-,41?,42-,43+,44+,45-,46-,47+,48-,51-,52-,53-/m1/s1. The number of alkyl halides is 1. The Morgan fingerprint density at radius 2 is 1.68 bits per heavy atom. The quantitative estimate of drug-likeness (QED) is 0.132. The summed E-state index contributed by atoms with van der Waals surface area (Å²) in [5.41, 5.74) is -0.233. The summed E-state index contributed by atoms with van der Waals surface area (Å²) >= 11 is 1.44. The van der Waals surface area contributed by atoms with Crippen molar-refractivity contribution in [1.82, 2.24) is 35.0 Å². The molecule has 3 saturated heterocycles. The van der Waals surface area contributed by atoms with Gasteiger partial charge in [0.15, 0.2) is 6.29 Å². The molecule has 19 atom stereocenters. The smallest absolute Gasteiger partial charge is 0.309 e. The van der Waals surface area contributed by atoms with E-state index in [2.05, 4.69) is 25.4 Å². The summed E-state index contributed by atoms with van der Waals surface area (Å²) in [6, 6.07) is 6.38. The average molecular weight is 1050 g/mol. The predicted molar refractivity (Wildman–Crippen MR) is 274 cm³/mol. The Balaban J connectivity index is 1.24. The molecule has 0 spiro atoms. The molecule has 1 aromatic carbocycles. The molecule has 4 N–H and O–H groups in total. The third kappa shape index (κ3) is 13.5. The Morgan fingerprint density at radius 1 is 0.986 bits per heavy atom. The van der Waals surface area contributed by atoms with Gasteiger partial charge >= 0.3 is 5.97 Å². The summed E-state index contributed by atoms with van der Waals surface area (Å²) in [4.78, 5) is 18.8. The van der Waals surface area contributed by atoms with Crippen LogP contribution in [0.5, 0.6) is 0 Å². The minimum atomic E-state index is -1.80. The molecular weight excluding hydrogens is 962 g/mol. The molecule has 6 rings (SSSR count). The minimum Gasteiger partial charge on any atom is -0.459 e. The number of rotatable bonds is 15. The van der Waals surface area contributed by atoms with Crippen LogP contribution in [0.2, 0.25) is 0 Å². The number of aliphatic hydroxyl groups is 4. The first kappa shape index (κ1) is 59.1. The number of hydrogen-bond donors (Lipinski definition) is 4. The normalized spacial score (nSPS) is 38.6. The lowest BCUT2D eigenvalue weighted by molar-refractivity contribution is -0.275. The molecule has 3 aromatic rings. The van der Waals surface area contributed by atoms with Gasteiger partial charge in [-0.1, -0.05) is 68.5 Å². The van der Waals surface area contributed by atoms with Crippen molar-refractivity contribution in [2.45, 2.75) is 198 Å². The zero-order valence-corrected chi connectivity index (χ0v) is 46.4. The van der Waals surface area contributed by atoms with Crippen molar-refractivity contribution in [3.63, 3.8) is 0 Å². The largest absolute Gasteiger partial charge is 0.459 e. The van der Waals surface area contributed by atoms with E-state index in [4.69, 9.17) is 28.4 Å². The summed E-state index contributed by atoms with van der Waals surface area (Å²) in [7, 11) is 7.03. The highest BCUT2D eigenvalue weighted by Gasteiger charge is 2.54. The van der Waals surface area contributed by atoms with Gasteiger partial charge in [-0.2, -0.15) is 0 Å². The number of hydrogen-bond acceptors (Lipinski definition) is 18. The summed E-state index contributed by atoms with van der Waals surface area (Å²) in [6.45, 7) is 18.7. The fraction of sp³-hybridized carbons (Fsp3) is 0.792.